The summed E-state index contributed by atoms with van der Waals surface area (Å²) in [5, 5.41) is 12.0. The Kier molecular flexibility index (Phi) is 7.13. The molecule has 2 aliphatic rings. The Hall–Kier alpha value is -4.37. The number of aryl methyl sites for hydroxylation is 1. The van der Waals surface area contributed by atoms with Gasteiger partial charge in [-0.15, -0.1) is 0 Å². The molecule has 41 heavy (non-hydrogen) atoms. The minimum absolute atomic E-state index is 0.0264. The average Bonchev–Trinajstić information content (AvgIpc) is 3.49. The van der Waals surface area contributed by atoms with Crippen LogP contribution in [0.25, 0.3) is 16.0 Å². The largest absolute Gasteiger partial charge is 0.507 e. The van der Waals surface area contributed by atoms with Gasteiger partial charge in [0.25, 0.3) is 5.78 Å². The maximum absolute atomic E-state index is 13.7. The van der Waals surface area contributed by atoms with Gasteiger partial charge in [0.15, 0.2) is 16.6 Å². The number of anilines is 1. The van der Waals surface area contributed by atoms with Gasteiger partial charge in [-0.25, -0.2) is 4.98 Å². The second-order valence-electron chi connectivity index (χ2n) is 10.6. The summed E-state index contributed by atoms with van der Waals surface area (Å²) < 4.78 is 18.2. The molecule has 1 saturated heterocycles. The maximum atomic E-state index is 13.7. The fourth-order valence-electron chi connectivity index (χ4n) is 5.00. The Balaban J connectivity index is 1.48. The standard InChI is InChI=1S/C32H30N2O6S/c1-18(2)11-12-38-22-6-4-5-20(16-22)28-27(29(35)21-8-10-24-25(17-21)40-14-13-39-24)30(36)31(37)34(28)32-33-23-9-7-19(3)15-26(23)41-32/h4-10,15-18,28,35H,11-14H2,1-3H3/b29-27+/t28-/m0/s1. The van der Waals surface area contributed by atoms with E-state index in [1.54, 1.807) is 18.2 Å². The first kappa shape index (κ1) is 26.8. The number of carbonyl (C=O) groups is 2. The Morgan fingerprint density at radius 1 is 1.07 bits per heavy atom. The summed E-state index contributed by atoms with van der Waals surface area (Å²) in [5.41, 5.74) is 2.74. The van der Waals surface area contributed by atoms with E-state index in [1.165, 1.54) is 16.2 Å². The first-order valence-electron chi connectivity index (χ1n) is 13.6. The zero-order valence-corrected chi connectivity index (χ0v) is 23.9. The first-order chi connectivity index (χ1) is 19.8. The number of fused-ring (bicyclic) bond motifs is 2. The minimum Gasteiger partial charge on any atom is -0.507 e. The Labute approximate surface area is 241 Å². The molecule has 0 unspecified atom stereocenters. The molecule has 1 N–H and O–H groups in total. The quantitative estimate of drug-likeness (QED) is 0.155. The highest BCUT2D eigenvalue weighted by atomic mass is 32.1. The number of ether oxygens (including phenoxy) is 3. The molecular weight excluding hydrogens is 540 g/mol. The maximum Gasteiger partial charge on any atom is 0.301 e. The van der Waals surface area contributed by atoms with Crippen molar-refractivity contribution in [2.24, 2.45) is 5.92 Å². The number of hydrogen-bond acceptors (Lipinski definition) is 8. The van der Waals surface area contributed by atoms with Gasteiger partial charge in [0, 0.05) is 5.56 Å². The number of amides is 1. The molecule has 3 aromatic carbocycles. The Bertz CT molecular complexity index is 1690. The predicted molar refractivity (Wildman–Crippen MR) is 158 cm³/mol. The lowest BCUT2D eigenvalue weighted by Gasteiger charge is -2.24. The van der Waals surface area contributed by atoms with Gasteiger partial charge >= 0.3 is 5.91 Å². The smallest absolute Gasteiger partial charge is 0.301 e. The summed E-state index contributed by atoms with van der Waals surface area (Å²) in [6.45, 7) is 7.59. The number of hydrogen-bond donors (Lipinski definition) is 1. The number of carbonyl (C=O) groups excluding carboxylic acids is 2. The van der Waals surface area contributed by atoms with Gasteiger partial charge in [0.2, 0.25) is 0 Å². The molecule has 6 rings (SSSR count). The lowest BCUT2D eigenvalue weighted by molar-refractivity contribution is -0.132. The second-order valence-corrected chi connectivity index (χ2v) is 11.6. The lowest BCUT2D eigenvalue weighted by Crippen LogP contribution is -2.29. The minimum atomic E-state index is -0.918. The number of thiazole rings is 1. The van der Waals surface area contributed by atoms with Gasteiger partial charge < -0.3 is 19.3 Å². The van der Waals surface area contributed by atoms with E-state index in [2.05, 4.69) is 13.8 Å². The monoisotopic (exact) mass is 570 g/mol. The molecule has 1 amide bonds. The van der Waals surface area contributed by atoms with E-state index in [-0.39, 0.29) is 11.3 Å². The number of aliphatic hydroxyl groups excluding tert-OH is 1. The molecule has 1 fully saturated rings. The average molecular weight is 571 g/mol. The van der Waals surface area contributed by atoms with Crippen LogP contribution in [0.4, 0.5) is 5.13 Å². The van der Waals surface area contributed by atoms with Crippen molar-refractivity contribution in [2.45, 2.75) is 33.2 Å². The van der Waals surface area contributed by atoms with E-state index in [0.29, 0.717) is 59.2 Å². The Morgan fingerprint density at radius 3 is 2.68 bits per heavy atom. The van der Waals surface area contributed by atoms with Gasteiger partial charge in [-0.05, 0) is 72.9 Å². The molecule has 0 saturated carbocycles. The van der Waals surface area contributed by atoms with Crippen LogP contribution >= 0.6 is 11.3 Å². The van der Waals surface area contributed by atoms with Crippen LogP contribution in [-0.2, 0) is 9.59 Å². The van der Waals surface area contributed by atoms with Crippen LogP contribution in [-0.4, -0.2) is 41.6 Å². The van der Waals surface area contributed by atoms with E-state index in [4.69, 9.17) is 19.2 Å². The highest BCUT2D eigenvalue weighted by Crippen LogP contribution is 2.45. The molecule has 2 aliphatic heterocycles. The summed E-state index contributed by atoms with van der Waals surface area (Å²) in [4.78, 5) is 33.4. The number of aromatic nitrogens is 1. The van der Waals surface area contributed by atoms with Crippen LogP contribution in [0.3, 0.4) is 0 Å². The topological polar surface area (TPSA) is 98.2 Å². The van der Waals surface area contributed by atoms with Crippen LogP contribution in [0, 0.1) is 12.8 Å². The molecule has 9 heteroatoms. The van der Waals surface area contributed by atoms with E-state index in [0.717, 1.165) is 22.2 Å². The number of nitrogens with zero attached hydrogens (tertiary/aromatic N) is 2. The van der Waals surface area contributed by atoms with E-state index < -0.39 is 17.7 Å². The zero-order chi connectivity index (χ0) is 28.7. The van der Waals surface area contributed by atoms with Crippen molar-refractivity contribution in [3.63, 3.8) is 0 Å². The fraction of sp³-hybridized carbons (Fsp3) is 0.281. The number of ketones is 1. The second kappa shape index (κ2) is 10.9. The van der Waals surface area contributed by atoms with Crippen LogP contribution in [0.2, 0.25) is 0 Å². The van der Waals surface area contributed by atoms with Crippen molar-refractivity contribution in [1.82, 2.24) is 4.98 Å². The zero-order valence-electron chi connectivity index (χ0n) is 23.0. The van der Waals surface area contributed by atoms with Gasteiger partial charge in [0.1, 0.15) is 24.7 Å². The third-order valence-corrected chi connectivity index (χ3v) is 8.15. The molecule has 0 aliphatic carbocycles. The molecule has 1 aromatic heterocycles. The summed E-state index contributed by atoms with van der Waals surface area (Å²) >= 11 is 1.33. The molecule has 3 heterocycles. The van der Waals surface area contributed by atoms with Crippen molar-refractivity contribution in [3.05, 3.63) is 82.9 Å². The molecule has 8 nitrogen and oxygen atoms in total. The molecule has 0 radical (unpaired) electrons. The normalized spacial score (nSPS) is 18.0. The summed E-state index contributed by atoms with van der Waals surface area (Å²) in [7, 11) is 0. The van der Waals surface area contributed by atoms with Crippen molar-refractivity contribution < 1.29 is 28.9 Å². The Morgan fingerprint density at radius 2 is 1.88 bits per heavy atom. The summed E-state index contributed by atoms with van der Waals surface area (Å²) in [6, 6.07) is 17.2. The summed E-state index contributed by atoms with van der Waals surface area (Å²) in [6.07, 6.45) is 0.887. The fourth-order valence-corrected chi connectivity index (χ4v) is 6.09. The number of Topliss-reactive ketones (excluding diaryl/α,β-unsaturated/α-hetero) is 1. The first-order valence-corrected chi connectivity index (χ1v) is 14.4. The SMILES string of the molecule is Cc1ccc2nc(N3C(=O)C(=O)/C(=C(/O)c4ccc5c(c4)OCCO5)[C@@H]3c3cccc(OCCC(C)C)c3)sc2c1. The van der Waals surface area contributed by atoms with E-state index in [1.807, 2.05) is 49.4 Å². The van der Waals surface area contributed by atoms with Gasteiger partial charge in [-0.1, -0.05) is 43.4 Å². The molecule has 0 spiro atoms. The van der Waals surface area contributed by atoms with E-state index >= 15 is 0 Å². The lowest BCUT2D eigenvalue weighted by atomic mass is 9.95. The molecule has 210 valence electrons. The number of aliphatic hydroxyl groups is 1. The number of benzene rings is 3. The molecule has 1 atom stereocenters. The van der Waals surface area contributed by atoms with Crippen LogP contribution in [0.1, 0.15) is 43.0 Å². The van der Waals surface area contributed by atoms with Gasteiger partial charge in [-0.2, -0.15) is 0 Å². The van der Waals surface area contributed by atoms with Crippen LogP contribution in [0.5, 0.6) is 17.2 Å². The molecular formula is C32H30N2O6S. The highest BCUT2D eigenvalue weighted by molar-refractivity contribution is 7.22. The van der Waals surface area contributed by atoms with E-state index in [9.17, 15) is 14.7 Å². The van der Waals surface area contributed by atoms with Gasteiger partial charge in [0.05, 0.1) is 28.4 Å². The van der Waals surface area contributed by atoms with Crippen molar-refractivity contribution in [1.29, 1.82) is 0 Å². The van der Waals surface area contributed by atoms with Crippen molar-refractivity contribution in [2.75, 3.05) is 24.7 Å². The highest BCUT2D eigenvalue weighted by Gasteiger charge is 2.48. The molecule has 0 bridgehead atoms. The van der Waals surface area contributed by atoms with Crippen LogP contribution in [0.15, 0.2) is 66.2 Å². The summed E-state index contributed by atoms with van der Waals surface area (Å²) in [5.74, 6) is 0.289. The van der Waals surface area contributed by atoms with Crippen LogP contribution < -0.4 is 19.1 Å². The third kappa shape index (κ3) is 5.13. The van der Waals surface area contributed by atoms with Crippen molar-refractivity contribution >= 4 is 44.1 Å². The third-order valence-electron chi connectivity index (χ3n) is 7.14. The molecule has 4 aromatic rings. The van der Waals surface area contributed by atoms with Crippen molar-refractivity contribution in [3.8, 4) is 17.2 Å². The predicted octanol–water partition coefficient (Wildman–Crippen LogP) is 6.43. The number of rotatable bonds is 7. The van der Waals surface area contributed by atoms with Gasteiger partial charge in [-0.3, -0.25) is 14.5 Å².